The van der Waals surface area contributed by atoms with Crippen molar-refractivity contribution in [1.82, 2.24) is 4.98 Å². The minimum Gasteiger partial charge on any atom is -0.298 e. The van der Waals surface area contributed by atoms with Gasteiger partial charge in [0.05, 0.1) is 5.69 Å². The van der Waals surface area contributed by atoms with Crippen LogP contribution in [0.25, 0.3) is 11.3 Å². The molecule has 0 spiro atoms. The maximum Gasteiger partial charge on any atom is 0.257 e. The number of rotatable bonds is 6. The minimum absolute atomic E-state index is 0.114. The lowest BCUT2D eigenvalue weighted by Crippen LogP contribution is -2.11. The molecule has 6 heteroatoms. The standard InChI is InChI=1S/C24H18N2O2S2/c1-29-19-14-12-18(13-15-19)23(28)26-24-25-20(16-8-4-2-5-9-16)22(30-24)21(27)17-10-6-3-7-11-17/h2-15H,1H3,(H,25,26,28). The number of carbonyl (C=O) groups is 2. The average Bonchev–Trinajstić information content (AvgIpc) is 3.23. The van der Waals surface area contributed by atoms with Crippen LogP contribution in [0.3, 0.4) is 0 Å². The number of amides is 1. The number of aromatic nitrogens is 1. The summed E-state index contributed by atoms with van der Waals surface area (Å²) in [6.07, 6.45) is 1.99. The van der Waals surface area contributed by atoms with Crippen LogP contribution in [-0.2, 0) is 0 Å². The molecule has 0 atom stereocenters. The second-order valence-electron chi connectivity index (χ2n) is 6.44. The Morgan fingerprint density at radius 1 is 0.833 bits per heavy atom. The Hall–Kier alpha value is -3.22. The van der Waals surface area contributed by atoms with E-state index in [2.05, 4.69) is 10.3 Å². The third-order valence-corrected chi connectivity index (χ3v) is 6.20. The Bertz CT molecular complexity index is 1170. The smallest absolute Gasteiger partial charge is 0.257 e. The van der Waals surface area contributed by atoms with E-state index in [1.54, 1.807) is 36.0 Å². The number of benzene rings is 3. The molecule has 4 nitrogen and oxygen atoms in total. The molecule has 0 aliphatic heterocycles. The zero-order chi connectivity index (χ0) is 20.9. The molecule has 0 unspecified atom stereocenters. The molecule has 4 rings (SSSR count). The number of hydrogen-bond acceptors (Lipinski definition) is 5. The van der Waals surface area contributed by atoms with Crippen LogP contribution in [0.4, 0.5) is 5.13 Å². The van der Waals surface area contributed by atoms with Gasteiger partial charge >= 0.3 is 0 Å². The number of thioether (sulfide) groups is 1. The predicted octanol–water partition coefficient (Wildman–Crippen LogP) is 6.02. The number of nitrogens with zero attached hydrogens (tertiary/aromatic N) is 1. The lowest BCUT2D eigenvalue weighted by molar-refractivity contribution is 0.102. The van der Waals surface area contributed by atoms with Gasteiger partial charge in [0.2, 0.25) is 5.78 Å². The van der Waals surface area contributed by atoms with Crippen LogP contribution in [0.5, 0.6) is 0 Å². The summed E-state index contributed by atoms with van der Waals surface area (Å²) in [5, 5.41) is 3.24. The largest absolute Gasteiger partial charge is 0.298 e. The summed E-state index contributed by atoms with van der Waals surface area (Å²) in [6, 6.07) is 26.0. The van der Waals surface area contributed by atoms with E-state index >= 15 is 0 Å². The summed E-state index contributed by atoms with van der Waals surface area (Å²) in [6.45, 7) is 0. The van der Waals surface area contributed by atoms with Crippen molar-refractivity contribution in [2.24, 2.45) is 0 Å². The first kappa shape index (κ1) is 20.1. The van der Waals surface area contributed by atoms with Crippen LogP contribution in [0.2, 0.25) is 0 Å². The molecule has 1 N–H and O–H groups in total. The highest BCUT2D eigenvalue weighted by atomic mass is 32.2. The van der Waals surface area contributed by atoms with Gasteiger partial charge in [0, 0.05) is 21.6 Å². The van der Waals surface area contributed by atoms with Crippen molar-refractivity contribution in [1.29, 1.82) is 0 Å². The SMILES string of the molecule is CSc1ccc(C(=O)Nc2nc(-c3ccccc3)c(C(=O)c3ccccc3)s2)cc1. The molecular weight excluding hydrogens is 412 g/mol. The van der Waals surface area contributed by atoms with E-state index in [0.717, 1.165) is 10.5 Å². The Morgan fingerprint density at radius 3 is 2.10 bits per heavy atom. The minimum atomic E-state index is -0.255. The first-order valence-corrected chi connectivity index (χ1v) is 11.3. The molecule has 1 aromatic heterocycles. The lowest BCUT2D eigenvalue weighted by Gasteiger charge is -2.02. The monoisotopic (exact) mass is 430 g/mol. The Morgan fingerprint density at radius 2 is 1.47 bits per heavy atom. The van der Waals surface area contributed by atoms with Gasteiger partial charge in [-0.2, -0.15) is 0 Å². The van der Waals surface area contributed by atoms with Gasteiger partial charge in [-0.25, -0.2) is 4.98 Å². The molecule has 4 aromatic rings. The fourth-order valence-corrected chi connectivity index (χ4v) is 4.30. The van der Waals surface area contributed by atoms with Gasteiger partial charge in [0.25, 0.3) is 5.91 Å². The quantitative estimate of drug-likeness (QED) is 0.300. The zero-order valence-corrected chi connectivity index (χ0v) is 17.8. The van der Waals surface area contributed by atoms with Crippen LogP contribution in [-0.4, -0.2) is 22.9 Å². The summed E-state index contributed by atoms with van der Waals surface area (Å²) in [4.78, 5) is 32.0. The summed E-state index contributed by atoms with van der Waals surface area (Å²) >= 11 is 2.81. The third kappa shape index (κ3) is 4.35. The van der Waals surface area contributed by atoms with E-state index in [9.17, 15) is 9.59 Å². The highest BCUT2D eigenvalue weighted by Gasteiger charge is 2.21. The van der Waals surface area contributed by atoms with Crippen LogP contribution < -0.4 is 5.32 Å². The van der Waals surface area contributed by atoms with Gasteiger partial charge in [-0.1, -0.05) is 72.0 Å². The number of carbonyl (C=O) groups excluding carboxylic acids is 2. The topological polar surface area (TPSA) is 59.1 Å². The molecule has 0 bridgehead atoms. The molecule has 0 aliphatic rings. The highest BCUT2D eigenvalue weighted by Crippen LogP contribution is 2.33. The van der Waals surface area contributed by atoms with Crippen molar-refractivity contribution in [3.05, 3.63) is 101 Å². The normalized spacial score (nSPS) is 10.6. The predicted molar refractivity (Wildman–Crippen MR) is 124 cm³/mol. The van der Waals surface area contributed by atoms with E-state index in [0.29, 0.717) is 26.8 Å². The summed E-state index contributed by atoms with van der Waals surface area (Å²) in [5.74, 6) is -0.369. The maximum absolute atomic E-state index is 13.1. The van der Waals surface area contributed by atoms with Crippen LogP contribution >= 0.6 is 23.1 Å². The Balaban J connectivity index is 1.68. The first-order valence-electron chi connectivity index (χ1n) is 9.27. The van der Waals surface area contributed by atoms with E-state index in [1.807, 2.05) is 66.9 Å². The molecule has 0 aliphatic carbocycles. The number of nitrogens with one attached hydrogen (secondary N) is 1. The number of anilines is 1. The van der Waals surface area contributed by atoms with Crippen molar-refractivity contribution in [2.45, 2.75) is 4.90 Å². The Kier molecular flexibility index (Phi) is 6.07. The molecule has 3 aromatic carbocycles. The fraction of sp³-hybridized carbons (Fsp3) is 0.0417. The van der Waals surface area contributed by atoms with E-state index in [1.165, 1.54) is 11.3 Å². The van der Waals surface area contributed by atoms with E-state index in [-0.39, 0.29) is 11.7 Å². The highest BCUT2D eigenvalue weighted by molar-refractivity contribution is 7.98. The number of ketones is 1. The van der Waals surface area contributed by atoms with Gasteiger partial charge in [0.15, 0.2) is 5.13 Å². The van der Waals surface area contributed by atoms with E-state index < -0.39 is 0 Å². The third-order valence-electron chi connectivity index (χ3n) is 4.49. The summed E-state index contributed by atoms with van der Waals surface area (Å²) < 4.78 is 0. The number of hydrogen-bond donors (Lipinski definition) is 1. The van der Waals surface area contributed by atoms with Crippen molar-refractivity contribution in [3.63, 3.8) is 0 Å². The second kappa shape index (κ2) is 9.07. The maximum atomic E-state index is 13.1. The van der Waals surface area contributed by atoms with Gasteiger partial charge in [-0.05, 0) is 30.5 Å². The van der Waals surface area contributed by atoms with Crippen LogP contribution in [0, 0.1) is 0 Å². The molecular formula is C24H18N2O2S2. The molecule has 0 radical (unpaired) electrons. The van der Waals surface area contributed by atoms with Crippen molar-refractivity contribution >= 4 is 39.9 Å². The Labute approximate surface area is 183 Å². The number of thiazole rings is 1. The molecule has 1 amide bonds. The molecule has 0 fully saturated rings. The fourth-order valence-electron chi connectivity index (χ4n) is 2.95. The molecule has 0 saturated heterocycles. The van der Waals surface area contributed by atoms with Crippen molar-refractivity contribution in [2.75, 3.05) is 11.6 Å². The van der Waals surface area contributed by atoms with E-state index in [4.69, 9.17) is 0 Å². The van der Waals surface area contributed by atoms with Gasteiger partial charge in [-0.3, -0.25) is 14.9 Å². The lowest BCUT2D eigenvalue weighted by atomic mass is 10.1. The van der Waals surface area contributed by atoms with Crippen LogP contribution in [0.15, 0.2) is 89.8 Å². The zero-order valence-electron chi connectivity index (χ0n) is 16.2. The molecule has 30 heavy (non-hydrogen) atoms. The van der Waals surface area contributed by atoms with Crippen LogP contribution in [0.1, 0.15) is 25.6 Å². The summed E-state index contributed by atoms with van der Waals surface area (Å²) in [5.41, 5.74) is 2.53. The van der Waals surface area contributed by atoms with Crippen molar-refractivity contribution in [3.8, 4) is 11.3 Å². The molecule has 0 saturated carbocycles. The van der Waals surface area contributed by atoms with Crippen molar-refractivity contribution < 1.29 is 9.59 Å². The van der Waals surface area contributed by atoms with Gasteiger partial charge < -0.3 is 0 Å². The van der Waals surface area contributed by atoms with Gasteiger partial charge in [0.1, 0.15) is 4.88 Å². The molecule has 148 valence electrons. The molecule has 1 heterocycles. The average molecular weight is 431 g/mol. The first-order chi connectivity index (χ1) is 14.7. The summed E-state index contributed by atoms with van der Waals surface area (Å²) in [7, 11) is 0. The van der Waals surface area contributed by atoms with Gasteiger partial charge in [-0.15, -0.1) is 11.8 Å². The second-order valence-corrected chi connectivity index (χ2v) is 8.32.